The van der Waals surface area contributed by atoms with E-state index < -0.39 is 0 Å². The maximum atomic E-state index is 12.1. The Balaban J connectivity index is 2.20. The van der Waals surface area contributed by atoms with Crippen LogP contribution in [-0.4, -0.2) is 21.1 Å². The summed E-state index contributed by atoms with van der Waals surface area (Å²) >= 11 is 5.90. The number of amides is 1. The molecule has 2 N–H and O–H groups in total. The average Bonchev–Trinajstić information content (AvgIpc) is 2.41. The monoisotopic (exact) mass is 292 g/mol. The minimum absolute atomic E-state index is 0.263. The Bertz CT molecular complexity index is 664. The van der Waals surface area contributed by atoms with Gasteiger partial charge in [0.05, 0.1) is 0 Å². The molecule has 2 heterocycles. The molecule has 20 heavy (non-hydrogen) atoms. The van der Waals surface area contributed by atoms with Gasteiger partial charge in [0.1, 0.15) is 5.15 Å². The molecule has 0 fully saturated rings. The zero-order chi connectivity index (χ0) is 14.5. The first-order valence-electron chi connectivity index (χ1n) is 6.12. The molecule has 0 atom stereocenters. The van der Waals surface area contributed by atoms with E-state index in [-0.39, 0.29) is 22.4 Å². The third-order valence-corrected chi connectivity index (χ3v) is 2.73. The molecule has 0 aliphatic rings. The largest absolute Gasteiger partial charge is 0.305 e. The first kappa shape index (κ1) is 14.2. The Morgan fingerprint density at radius 3 is 2.85 bits per heavy atom. The van der Waals surface area contributed by atoms with Gasteiger partial charge in [0.2, 0.25) is 0 Å². The van der Waals surface area contributed by atoms with Crippen LogP contribution in [0.15, 0.2) is 29.1 Å². The van der Waals surface area contributed by atoms with E-state index in [0.717, 1.165) is 18.5 Å². The summed E-state index contributed by atoms with van der Waals surface area (Å²) in [5, 5.41) is 8.80. The standard InChI is InChI=1S/C13H13ClN4O2/c1-2-3-9-6-8(7-10(14)15-9)13(20)16-11-4-5-12(19)18-17-11/h4-7H,2-3H2,1H3,(H,18,19)(H,16,17,20). The topological polar surface area (TPSA) is 87.7 Å². The number of hydrogen-bond acceptors (Lipinski definition) is 4. The average molecular weight is 293 g/mol. The number of nitrogens with zero attached hydrogens (tertiary/aromatic N) is 2. The molecule has 2 aromatic rings. The number of H-pyrrole nitrogens is 1. The van der Waals surface area contributed by atoms with Crippen molar-refractivity contribution in [1.29, 1.82) is 0 Å². The Morgan fingerprint density at radius 2 is 2.20 bits per heavy atom. The van der Waals surface area contributed by atoms with Crippen molar-refractivity contribution >= 4 is 23.3 Å². The van der Waals surface area contributed by atoms with Crippen molar-refractivity contribution in [2.24, 2.45) is 0 Å². The normalized spacial score (nSPS) is 10.3. The summed E-state index contributed by atoms with van der Waals surface area (Å²) in [6, 6.07) is 5.88. The van der Waals surface area contributed by atoms with Crippen LogP contribution in [0.5, 0.6) is 0 Å². The van der Waals surface area contributed by atoms with Crippen LogP contribution in [0.4, 0.5) is 5.82 Å². The molecule has 2 aromatic heterocycles. The first-order chi connectivity index (χ1) is 9.58. The smallest absolute Gasteiger partial charge is 0.264 e. The molecule has 104 valence electrons. The van der Waals surface area contributed by atoms with E-state index in [4.69, 9.17) is 11.6 Å². The number of aromatic amines is 1. The molecule has 0 radical (unpaired) electrons. The lowest BCUT2D eigenvalue weighted by atomic mass is 10.1. The van der Waals surface area contributed by atoms with E-state index in [0.29, 0.717) is 5.56 Å². The summed E-state index contributed by atoms with van der Waals surface area (Å²) in [7, 11) is 0. The zero-order valence-corrected chi connectivity index (χ0v) is 11.6. The van der Waals surface area contributed by atoms with E-state index in [1.807, 2.05) is 6.92 Å². The molecule has 0 aliphatic heterocycles. The van der Waals surface area contributed by atoms with Crippen LogP contribution < -0.4 is 10.9 Å². The van der Waals surface area contributed by atoms with Crippen LogP contribution >= 0.6 is 11.6 Å². The van der Waals surface area contributed by atoms with Crippen LogP contribution in [0, 0.1) is 0 Å². The molecule has 0 bridgehead atoms. The van der Waals surface area contributed by atoms with Crippen LogP contribution in [0.1, 0.15) is 29.4 Å². The highest BCUT2D eigenvalue weighted by Gasteiger charge is 2.10. The Morgan fingerprint density at radius 1 is 1.40 bits per heavy atom. The number of carbonyl (C=O) groups excluding carboxylic acids is 1. The second kappa shape index (κ2) is 6.29. The predicted octanol–water partition coefficient (Wildman–Crippen LogP) is 2.02. The van der Waals surface area contributed by atoms with E-state index in [2.05, 4.69) is 20.5 Å². The quantitative estimate of drug-likeness (QED) is 0.844. The lowest BCUT2D eigenvalue weighted by Crippen LogP contribution is -2.16. The minimum atomic E-state index is -0.355. The second-order valence-electron chi connectivity index (χ2n) is 4.18. The highest BCUT2D eigenvalue weighted by Crippen LogP contribution is 2.13. The number of halogens is 1. The Kier molecular flexibility index (Phi) is 4.47. The van der Waals surface area contributed by atoms with Gasteiger partial charge in [-0.1, -0.05) is 24.9 Å². The predicted molar refractivity (Wildman–Crippen MR) is 76.1 cm³/mol. The maximum absolute atomic E-state index is 12.1. The van der Waals surface area contributed by atoms with Crippen molar-refractivity contribution in [1.82, 2.24) is 15.2 Å². The van der Waals surface area contributed by atoms with Gasteiger partial charge in [0, 0.05) is 17.3 Å². The number of hydrogen-bond donors (Lipinski definition) is 2. The summed E-state index contributed by atoms with van der Waals surface area (Å²) in [5.74, 6) is -0.0919. The molecule has 7 heteroatoms. The van der Waals surface area contributed by atoms with Crippen molar-refractivity contribution < 1.29 is 4.79 Å². The van der Waals surface area contributed by atoms with Crippen LogP contribution in [0.25, 0.3) is 0 Å². The third kappa shape index (κ3) is 3.64. The van der Waals surface area contributed by atoms with Gasteiger partial charge in [-0.05, 0) is 24.6 Å². The molecular weight excluding hydrogens is 280 g/mol. The molecule has 0 aliphatic carbocycles. The Hall–Kier alpha value is -2.21. The molecule has 0 saturated carbocycles. The van der Waals surface area contributed by atoms with Gasteiger partial charge < -0.3 is 5.32 Å². The lowest BCUT2D eigenvalue weighted by Gasteiger charge is -2.06. The van der Waals surface area contributed by atoms with Gasteiger partial charge in [0.25, 0.3) is 11.5 Å². The second-order valence-corrected chi connectivity index (χ2v) is 4.57. The fourth-order valence-corrected chi connectivity index (χ4v) is 1.90. The molecule has 0 spiro atoms. The fourth-order valence-electron chi connectivity index (χ4n) is 1.67. The van der Waals surface area contributed by atoms with E-state index in [1.165, 1.54) is 18.2 Å². The highest BCUT2D eigenvalue weighted by atomic mass is 35.5. The summed E-state index contributed by atoms with van der Waals surface area (Å²) in [5.41, 5.74) is 0.834. The van der Waals surface area contributed by atoms with Crippen LogP contribution in [-0.2, 0) is 6.42 Å². The molecule has 6 nitrogen and oxygen atoms in total. The number of aromatic nitrogens is 3. The van der Waals surface area contributed by atoms with Gasteiger partial charge in [-0.25, -0.2) is 10.1 Å². The van der Waals surface area contributed by atoms with Crippen molar-refractivity contribution in [3.8, 4) is 0 Å². The van der Waals surface area contributed by atoms with Gasteiger partial charge >= 0.3 is 0 Å². The summed E-state index contributed by atoms with van der Waals surface area (Å²) in [6.45, 7) is 2.02. The third-order valence-electron chi connectivity index (χ3n) is 2.54. The number of pyridine rings is 1. The van der Waals surface area contributed by atoms with Gasteiger partial charge in [-0.2, -0.15) is 5.10 Å². The molecule has 0 saturated heterocycles. The van der Waals surface area contributed by atoms with Crippen molar-refractivity contribution in [2.45, 2.75) is 19.8 Å². The molecule has 1 amide bonds. The summed E-state index contributed by atoms with van der Waals surface area (Å²) in [6.07, 6.45) is 1.66. The number of rotatable bonds is 4. The minimum Gasteiger partial charge on any atom is -0.305 e. The summed E-state index contributed by atoms with van der Waals surface area (Å²) < 4.78 is 0. The SMILES string of the molecule is CCCc1cc(C(=O)Nc2ccc(=O)[nH]n2)cc(Cl)n1. The number of carbonyl (C=O) groups is 1. The maximum Gasteiger partial charge on any atom is 0.264 e. The van der Waals surface area contributed by atoms with E-state index >= 15 is 0 Å². The van der Waals surface area contributed by atoms with Gasteiger partial charge in [-0.15, -0.1) is 0 Å². The number of nitrogens with one attached hydrogen (secondary N) is 2. The molecule has 0 aromatic carbocycles. The molecule has 0 unspecified atom stereocenters. The van der Waals surface area contributed by atoms with Crippen LogP contribution in [0.3, 0.4) is 0 Å². The lowest BCUT2D eigenvalue weighted by molar-refractivity contribution is 0.102. The molecular formula is C13H13ClN4O2. The first-order valence-corrected chi connectivity index (χ1v) is 6.50. The van der Waals surface area contributed by atoms with Crippen molar-refractivity contribution in [3.05, 3.63) is 51.0 Å². The van der Waals surface area contributed by atoms with Crippen molar-refractivity contribution in [2.75, 3.05) is 5.32 Å². The zero-order valence-electron chi connectivity index (χ0n) is 10.8. The molecule has 2 rings (SSSR count). The highest BCUT2D eigenvalue weighted by molar-refractivity contribution is 6.29. The number of anilines is 1. The van der Waals surface area contributed by atoms with Gasteiger partial charge in [0.15, 0.2) is 5.82 Å². The number of aryl methyl sites for hydroxylation is 1. The van der Waals surface area contributed by atoms with Crippen LogP contribution in [0.2, 0.25) is 5.15 Å². The van der Waals surface area contributed by atoms with E-state index in [9.17, 15) is 9.59 Å². The van der Waals surface area contributed by atoms with Crippen molar-refractivity contribution in [3.63, 3.8) is 0 Å². The van der Waals surface area contributed by atoms with E-state index in [1.54, 1.807) is 6.07 Å². The Labute approximate surface area is 120 Å². The van der Waals surface area contributed by atoms with Gasteiger partial charge in [-0.3, -0.25) is 9.59 Å². The fraction of sp³-hybridized carbons (Fsp3) is 0.231. The summed E-state index contributed by atoms with van der Waals surface area (Å²) in [4.78, 5) is 27.1.